The van der Waals surface area contributed by atoms with Crippen LogP contribution in [0, 0.1) is 0 Å². The number of amides is 1. The van der Waals surface area contributed by atoms with Crippen molar-refractivity contribution in [2.45, 2.75) is 6.42 Å². The number of ether oxygens (including phenoxy) is 1. The molecule has 2 N–H and O–H groups in total. The number of rotatable bonds is 3. The molecule has 0 aromatic heterocycles. The van der Waals surface area contributed by atoms with Crippen LogP contribution in [0.15, 0.2) is 18.2 Å². The van der Waals surface area contributed by atoms with Crippen molar-refractivity contribution in [1.29, 1.82) is 0 Å². The van der Waals surface area contributed by atoms with Gasteiger partial charge in [0.15, 0.2) is 11.5 Å². The summed E-state index contributed by atoms with van der Waals surface area (Å²) in [5, 5.41) is 11.9. The van der Waals surface area contributed by atoms with Crippen LogP contribution in [-0.4, -0.2) is 25.2 Å². The summed E-state index contributed by atoms with van der Waals surface area (Å²) in [6.45, 7) is 0. The summed E-state index contributed by atoms with van der Waals surface area (Å²) >= 11 is 0. The zero-order valence-corrected chi connectivity index (χ0v) is 8.20. The Labute approximate surface area is 82.5 Å². The van der Waals surface area contributed by atoms with Crippen molar-refractivity contribution in [2.75, 3.05) is 14.2 Å². The smallest absolute Gasteiger partial charge is 0.224 e. The molecule has 4 nitrogen and oxygen atoms in total. The molecule has 0 saturated heterocycles. The van der Waals surface area contributed by atoms with Crippen LogP contribution >= 0.6 is 0 Å². The number of likely N-dealkylation sites (N-methyl/N-ethyl adjacent to an activating group) is 1. The maximum atomic E-state index is 11.0. The Hall–Kier alpha value is -1.71. The van der Waals surface area contributed by atoms with Gasteiger partial charge in [0.2, 0.25) is 5.91 Å². The Bertz CT molecular complexity index is 336. The van der Waals surface area contributed by atoms with Crippen LogP contribution in [0.1, 0.15) is 5.56 Å². The number of benzene rings is 1. The predicted octanol–water partition coefficient (Wildman–Crippen LogP) is 0.689. The number of methoxy groups -OCH3 is 1. The third kappa shape index (κ3) is 2.39. The average molecular weight is 195 g/mol. The van der Waals surface area contributed by atoms with Crippen molar-refractivity contribution in [3.8, 4) is 11.5 Å². The number of hydrogen-bond donors (Lipinski definition) is 2. The molecule has 0 atom stereocenters. The fourth-order valence-electron chi connectivity index (χ4n) is 1.12. The molecule has 1 amide bonds. The van der Waals surface area contributed by atoms with E-state index in [1.165, 1.54) is 13.2 Å². The largest absolute Gasteiger partial charge is 0.504 e. The molecule has 1 aromatic rings. The summed E-state index contributed by atoms with van der Waals surface area (Å²) in [4.78, 5) is 11.0. The molecule has 0 bridgehead atoms. The monoisotopic (exact) mass is 195 g/mol. The van der Waals surface area contributed by atoms with E-state index in [4.69, 9.17) is 4.74 Å². The number of hydrogen-bond acceptors (Lipinski definition) is 3. The van der Waals surface area contributed by atoms with Gasteiger partial charge in [-0.25, -0.2) is 0 Å². The van der Waals surface area contributed by atoms with Gasteiger partial charge in [0.25, 0.3) is 0 Å². The molecule has 0 saturated carbocycles. The van der Waals surface area contributed by atoms with Crippen molar-refractivity contribution in [1.82, 2.24) is 5.32 Å². The SMILES string of the molecule is CNC(=O)Cc1ccc(OC)c(O)c1. The van der Waals surface area contributed by atoms with Crippen LogP contribution < -0.4 is 10.1 Å². The first-order chi connectivity index (χ1) is 6.67. The highest BCUT2D eigenvalue weighted by atomic mass is 16.5. The average Bonchev–Trinajstić information content (AvgIpc) is 2.18. The van der Waals surface area contributed by atoms with Gasteiger partial charge < -0.3 is 15.2 Å². The second kappa shape index (κ2) is 4.50. The number of phenols is 1. The van der Waals surface area contributed by atoms with E-state index in [1.54, 1.807) is 19.2 Å². The molecule has 14 heavy (non-hydrogen) atoms. The molecule has 0 aliphatic rings. The molecular formula is C10H13NO3. The van der Waals surface area contributed by atoms with Gasteiger partial charge in [0.05, 0.1) is 13.5 Å². The topological polar surface area (TPSA) is 58.6 Å². The minimum Gasteiger partial charge on any atom is -0.504 e. The minimum absolute atomic E-state index is 0.0499. The summed E-state index contributed by atoms with van der Waals surface area (Å²) in [5.74, 6) is 0.370. The Kier molecular flexibility index (Phi) is 3.34. The van der Waals surface area contributed by atoms with Crippen LogP contribution in [0.25, 0.3) is 0 Å². The Morgan fingerprint density at radius 2 is 2.29 bits per heavy atom. The first-order valence-corrected chi connectivity index (χ1v) is 4.24. The van der Waals surface area contributed by atoms with Gasteiger partial charge in [-0.15, -0.1) is 0 Å². The molecule has 0 unspecified atom stereocenters. The van der Waals surface area contributed by atoms with Crippen LogP contribution in [0.4, 0.5) is 0 Å². The highest BCUT2D eigenvalue weighted by molar-refractivity contribution is 5.78. The normalized spacial score (nSPS) is 9.57. The molecule has 4 heteroatoms. The summed E-state index contributed by atoms with van der Waals surface area (Å²) in [7, 11) is 3.05. The van der Waals surface area contributed by atoms with Crippen molar-refractivity contribution in [3.63, 3.8) is 0 Å². The lowest BCUT2D eigenvalue weighted by molar-refractivity contribution is -0.119. The molecule has 0 aliphatic carbocycles. The minimum atomic E-state index is -0.0884. The lowest BCUT2D eigenvalue weighted by Gasteiger charge is -2.05. The molecule has 0 spiro atoms. The molecular weight excluding hydrogens is 182 g/mol. The molecule has 1 aromatic carbocycles. The molecule has 76 valence electrons. The molecule has 0 radical (unpaired) electrons. The van der Waals surface area contributed by atoms with Crippen LogP contribution in [0.2, 0.25) is 0 Å². The maximum Gasteiger partial charge on any atom is 0.224 e. The van der Waals surface area contributed by atoms with Gasteiger partial charge >= 0.3 is 0 Å². The second-order valence-electron chi connectivity index (χ2n) is 2.86. The first-order valence-electron chi connectivity index (χ1n) is 4.24. The highest BCUT2D eigenvalue weighted by Crippen LogP contribution is 2.26. The zero-order chi connectivity index (χ0) is 10.6. The molecule has 1 rings (SSSR count). The standard InChI is InChI=1S/C10H13NO3/c1-11-10(13)6-7-3-4-9(14-2)8(12)5-7/h3-5,12H,6H2,1-2H3,(H,11,13). The van der Waals surface area contributed by atoms with Crippen LogP contribution in [0.5, 0.6) is 11.5 Å². The van der Waals surface area contributed by atoms with Crippen molar-refractivity contribution in [2.24, 2.45) is 0 Å². The number of carbonyl (C=O) groups is 1. The zero-order valence-electron chi connectivity index (χ0n) is 8.20. The number of nitrogens with one attached hydrogen (secondary N) is 1. The van der Waals surface area contributed by atoms with Gasteiger partial charge in [-0.05, 0) is 17.7 Å². The van der Waals surface area contributed by atoms with Gasteiger partial charge in [-0.2, -0.15) is 0 Å². The van der Waals surface area contributed by atoms with Crippen molar-refractivity contribution in [3.05, 3.63) is 23.8 Å². The van der Waals surface area contributed by atoms with E-state index >= 15 is 0 Å². The second-order valence-corrected chi connectivity index (χ2v) is 2.86. The number of phenolic OH excluding ortho intramolecular Hbond substituents is 1. The van der Waals surface area contributed by atoms with E-state index in [1.807, 2.05) is 0 Å². The molecule has 0 fully saturated rings. The summed E-state index contributed by atoms with van der Waals surface area (Å²) in [5.41, 5.74) is 0.752. The Balaban J connectivity index is 2.81. The van der Waals surface area contributed by atoms with E-state index in [0.717, 1.165) is 5.56 Å². The summed E-state index contributed by atoms with van der Waals surface area (Å²) in [6.07, 6.45) is 0.258. The van der Waals surface area contributed by atoms with Gasteiger partial charge in [0, 0.05) is 7.05 Å². The molecule has 0 heterocycles. The lowest BCUT2D eigenvalue weighted by atomic mass is 10.1. The predicted molar refractivity (Wildman–Crippen MR) is 52.4 cm³/mol. The lowest BCUT2D eigenvalue weighted by Crippen LogP contribution is -2.19. The van der Waals surface area contributed by atoms with Gasteiger partial charge in [0.1, 0.15) is 0 Å². The first kappa shape index (κ1) is 10.4. The summed E-state index contributed by atoms with van der Waals surface area (Å²) in [6, 6.07) is 4.90. The number of aromatic hydroxyl groups is 1. The Morgan fingerprint density at radius 3 is 2.79 bits per heavy atom. The fourth-order valence-corrected chi connectivity index (χ4v) is 1.12. The van der Waals surface area contributed by atoms with Crippen LogP contribution in [-0.2, 0) is 11.2 Å². The molecule has 0 aliphatic heterocycles. The van der Waals surface area contributed by atoms with Gasteiger partial charge in [-0.3, -0.25) is 4.79 Å². The third-order valence-electron chi connectivity index (χ3n) is 1.89. The fraction of sp³-hybridized carbons (Fsp3) is 0.300. The Morgan fingerprint density at radius 1 is 1.57 bits per heavy atom. The van der Waals surface area contributed by atoms with E-state index in [9.17, 15) is 9.90 Å². The van der Waals surface area contributed by atoms with E-state index in [2.05, 4.69) is 5.32 Å². The van der Waals surface area contributed by atoms with Crippen molar-refractivity contribution < 1.29 is 14.6 Å². The number of carbonyl (C=O) groups excluding carboxylic acids is 1. The highest BCUT2D eigenvalue weighted by Gasteiger charge is 2.05. The van der Waals surface area contributed by atoms with E-state index < -0.39 is 0 Å². The van der Waals surface area contributed by atoms with E-state index in [0.29, 0.717) is 5.75 Å². The summed E-state index contributed by atoms with van der Waals surface area (Å²) < 4.78 is 4.88. The quantitative estimate of drug-likeness (QED) is 0.746. The van der Waals surface area contributed by atoms with Crippen molar-refractivity contribution >= 4 is 5.91 Å². The third-order valence-corrected chi connectivity index (χ3v) is 1.89. The van der Waals surface area contributed by atoms with Gasteiger partial charge in [-0.1, -0.05) is 6.07 Å². The van der Waals surface area contributed by atoms with E-state index in [-0.39, 0.29) is 18.1 Å². The maximum absolute atomic E-state index is 11.0. The van der Waals surface area contributed by atoms with Crippen LogP contribution in [0.3, 0.4) is 0 Å².